The Labute approximate surface area is 92.0 Å². The molecule has 2 rings (SSSR count). The molecule has 0 amide bonds. The van der Waals surface area contributed by atoms with Crippen LogP contribution in [0.4, 0.5) is 0 Å². The van der Waals surface area contributed by atoms with Crippen LogP contribution in [0.15, 0.2) is 31.9 Å². The minimum Gasteiger partial charge on any atom is -0.506 e. The van der Waals surface area contributed by atoms with E-state index in [2.05, 4.69) is 15.9 Å². The molecule has 14 heavy (non-hydrogen) atoms. The van der Waals surface area contributed by atoms with Crippen molar-refractivity contribution in [3.05, 3.63) is 38.1 Å². The molecule has 0 fully saturated rings. The highest BCUT2D eigenvalue weighted by molar-refractivity contribution is 9.10. The monoisotopic (exact) mass is 274 g/mol. The first kappa shape index (κ1) is 9.55. The van der Waals surface area contributed by atoms with E-state index in [9.17, 15) is 9.90 Å². The molecule has 1 aromatic heterocycles. The van der Waals surface area contributed by atoms with Crippen molar-refractivity contribution in [1.29, 1.82) is 0 Å². The normalized spacial score (nSPS) is 10.7. The molecule has 5 heteroatoms. The molecule has 0 radical (unpaired) electrons. The molecule has 3 nitrogen and oxygen atoms in total. The molecule has 0 aliphatic rings. The number of halogens is 2. The van der Waals surface area contributed by atoms with Crippen LogP contribution in [0.3, 0.4) is 0 Å². The third-order valence-corrected chi connectivity index (χ3v) is 2.72. The zero-order valence-corrected chi connectivity index (χ0v) is 9.09. The molecule has 0 saturated carbocycles. The fraction of sp³-hybridized carbons (Fsp3) is 0. The van der Waals surface area contributed by atoms with Gasteiger partial charge in [-0.05, 0) is 34.1 Å². The maximum absolute atomic E-state index is 11.1. The quantitative estimate of drug-likeness (QED) is 0.752. The second kappa shape index (κ2) is 3.29. The van der Waals surface area contributed by atoms with Crippen molar-refractivity contribution in [1.82, 2.24) is 0 Å². The summed E-state index contributed by atoms with van der Waals surface area (Å²) in [5.41, 5.74) is -0.308. The van der Waals surface area contributed by atoms with Crippen LogP contribution in [-0.4, -0.2) is 5.11 Å². The molecule has 0 spiro atoms. The summed E-state index contributed by atoms with van der Waals surface area (Å²) >= 11 is 8.66. The minimum atomic E-state index is -0.614. The fourth-order valence-electron chi connectivity index (χ4n) is 1.14. The zero-order chi connectivity index (χ0) is 10.3. The number of aromatic hydroxyl groups is 1. The Morgan fingerprint density at radius 1 is 1.43 bits per heavy atom. The van der Waals surface area contributed by atoms with Gasteiger partial charge in [0.15, 0.2) is 0 Å². The first-order valence-corrected chi connectivity index (χ1v) is 4.87. The van der Waals surface area contributed by atoms with E-state index >= 15 is 0 Å². The van der Waals surface area contributed by atoms with Gasteiger partial charge in [0.25, 0.3) is 0 Å². The van der Waals surface area contributed by atoms with E-state index in [4.69, 9.17) is 16.0 Å². The SMILES string of the molecule is O=c1oc2ccc(Cl)cc2c(O)c1Br. The van der Waals surface area contributed by atoms with E-state index in [1.54, 1.807) is 6.07 Å². The molecule has 0 unspecified atom stereocenters. The van der Waals surface area contributed by atoms with E-state index < -0.39 is 5.63 Å². The lowest BCUT2D eigenvalue weighted by Crippen LogP contribution is -1.99. The van der Waals surface area contributed by atoms with Crippen molar-refractivity contribution in [2.75, 3.05) is 0 Å². The smallest absolute Gasteiger partial charge is 0.354 e. The molecule has 2 aromatic rings. The van der Waals surface area contributed by atoms with Crippen molar-refractivity contribution < 1.29 is 9.52 Å². The summed E-state index contributed by atoms with van der Waals surface area (Å²) in [6.45, 7) is 0. The summed E-state index contributed by atoms with van der Waals surface area (Å²) in [6, 6.07) is 4.64. The molecule has 1 N–H and O–H groups in total. The maximum Gasteiger partial charge on any atom is 0.354 e. The van der Waals surface area contributed by atoms with Gasteiger partial charge in [-0.15, -0.1) is 0 Å². The van der Waals surface area contributed by atoms with Gasteiger partial charge in [-0.1, -0.05) is 11.6 Å². The van der Waals surface area contributed by atoms with Crippen LogP contribution >= 0.6 is 27.5 Å². The van der Waals surface area contributed by atoms with E-state index in [1.807, 2.05) is 0 Å². The largest absolute Gasteiger partial charge is 0.506 e. The Morgan fingerprint density at radius 3 is 2.86 bits per heavy atom. The van der Waals surface area contributed by atoms with Crippen LogP contribution in [0.25, 0.3) is 11.0 Å². The van der Waals surface area contributed by atoms with Gasteiger partial charge in [-0.3, -0.25) is 0 Å². The van der Waals surface area contributed by atoms with Gasteiger partial charge in [-0.25, -0.2) is 4.79 Å². The highest BCUT2D eigenvalue weighted by Crippen LogP contribution is 2.31. The van der Waals surface area contributed by atoms with Crippen molar-refractivity contribution in [2.24, 2.45) is 0 Å². The fourth-order valence-corrected chi connectivity index (χ4v) is 1.60. The summed E-state index contributed by atoms with van der Waals surface area (Å²) in [6.07, 6.45) is 0. The van der Waals surface area contributed by atoms with Gasteiger partial charge in [0.1, 0.15) is 15.8 Å². The van der Waals surface area contributed by atoms with Crippen LogP contribution in [0.2, 0.25) is 5.02 Å². The Hall–Kier alpha value is -1.00. The molecule has 0 saturated heterocycles. The molecular weight excluding hydrogens is 271 g/mol. The first-order chi connectivity index (χ1) is 6.59. The molecule has 0 aliphatic heterocycles. The van der Waals surface area contributed by atoms with Crippen LogP contribution < -0.4 is 5.63 Å². The zero-order valence-electron chi connectivity index (χ0n) is 6.75. The summed E-state index contributed by atoms with van der Waals surface area (Å²) in [7, 11) is 0. The average Bonchev–Trinajstić information content (AvgIpc) is 2.16. The summed E-state index contributed by atoms with van der Waals surface area (Å²) < 4.78 is 4.91. The van der Waals surface area contributed by atoms with Gasteiger partial charge in [0.2, 0.25) is 0 Å². The summed E-state index contributed by atoms with van der Waals surface area (Å²) in [5.74, 6) is -0.154. The third-order valence-electron chi connectivity index (χ3n) is 1.79. The van der Waals surface area contributed by atoms with Crippen molar-refractivity contribution in [3.8, 4) is 5.75 Å². The van der Waals surface area contributed by atoms with Gasteiger partial charge in [0.05, 0.1) is 5.39 Å². The Kier molecular flexibility index (Phi) is 2.25. The van der Waals surface area contributed by atoms with Gasteiger partial charge in [0, 0.05) is 5.02 Å². The third kappa shape index (κ3) is 1.40. The highest BCUT2D eigenvalue weighted by atomic mass is 79.9. The van der Waals surface area contributed by atoms with Gasteiger partial charge in [-0.2, -0.15) is 0 Å². The predicted molar refractivity (Wildman–Crippen MR) is 56.9 cm³/mol. The van der Waals surface area contributed by atoms with Crippen LogP contribution in [0.1, 0.15) is 0 Å². The van der Waals surface area contributed by atoms with Gasteiger partial charge >= 0.3 is 5.63 Å². The highest BCUT2D eigenvalue weighted by Gasteiger charge is 2.11. The topological polar surface area (TPSA) is 50.4 Å². The molecular formula is C9H4BrClO3. The molecule has 0 aliphatic carbocycles. The van der Waals surface area contributed by atoms with Crippen molar-refractivity contribution in [2.45, 2.75) is 0 Å². The predicted octanol–water partition coefficient (Wildman–Crippen LogP) is 2.91. The number of hydrogen-bond donors (Lipinski definition) is 1. The molecule has 0 bridgehead atoms. The van der Waals surface area contributed by atoms with E-state index in [0.29, 0.717) is 16.0 Å². The second-order valence-corrected chi connectivity index (χ2v) is 3.92. The van der Waals surface area contributed by atoms with E-state index in [-0.39, 0.29) is 10.2 Å². The Bertz CT molecular complexity index is 562. The standard InChI is InChI=1S/C9H4BrClO3/c10-7-8(12)5-3-4(11)1-2-6(5)14-9(7)13/h1-3,12H. The van der Waals surface area contributed by atoms with Gasteiger partial charge < -0.3 is 9.52 Å². The van der Waals surface area contributed by atoms with Crippen LogP contribution in [0.5, 0.6) is 5.75 Å². The molecule has 1 heterocycles. The first-order valence-electron chi connectivity index (χ1n) is 3.70. The molecule has 72 valence electrons. The van der Waals surface area contributed by atoms with E-state index in [0.717, 1.165) is 0 Å². The molecule has 0 atom stereocenters. The Morgan fingerprint density at radius 2 is 2.14 bits per heavy atom. The maximum atomic E-state index is 11.1. The second-order valence-electron chi connectivity index (χ2n) is 2.69. The van der Waals surface area contributed by atoms with Crippen molar-refractivity contribution >= 4 is 38.5 Å². The Balaban J connectivity index is 2.99. The summed E-state index contributed by atoms with van der Waals surface area (Å²) in [5, 5.41) is 10.5. The van der Waals surface area contributed by atoms with Crippen LogP contribution in [0, 0.1) is 0 Å². The van der Waals surface area contributed by atoms with E-state index in [1.165, 1.54) is 12.1 Å². The average molecular weight is 275 g/mol. The minimum absolute atomic E-state index is 0.00673. The van der Waals surface area contributed by atoms with Crippen molar-refractivity contribution in [3.63, 3.8) is 0 Å². The summed E-state index contributed by atoms with van der Waals surface area (Å²) in [4.78, 5) is 11.1. The molecule has 1 aromatic carbocycles. The number of fused-ring (bicyclic) bond motifs is 1. The lowest BCUT2D eigenvalue weighted by Gasteiger charge is -2.01. The lowest BCUT2D eigenvalue weighted by atomic mass is 10.2. The van der Waals surface area contributed by atoms with Crippen LogP contribution in [-0.2, 0) is 0 Å². The number of rotatable bonds is 0. The number of benzene rings is 1. The number of hydrogen-bond acceptors (Lipinski definition) is 3. The lowest BCUT2D eigenvalue weighted by molar-refractivity contribution is 0.462.